The highest BCUT2D eigenvalue weighted by molar-refractivity contribution is 5.97. The Morgan fingerprint density at radius 2 is 1.86 bits per heavy atom. The number of anilines is 2. The van der Waals surface area contributed by atoms with Crippen molar-refractivity contribution in [2.24, 2.45) is 0 Å². The number of rotatable bonds is 8. The molecule has 0 unspecified atom stereocenters. The molecule has 156 valence electrons. The third-order valence-corrected chi connectivity index (χ3v) is 5.74. The summed E-state index contributed by atoms with van der Waals surface area (Å²) in [6.45, 7) is 11.8. The summed E-state index contributed by atoms with van der Waals surface area (Å²) < 4.78 is 5.59. The van der Waals surface area contributed by atoms with Crippen molar-refractivity contribution in [1.82, 2.24) is 4.90 Å². The zero-order valence-corrected chi connectivity index (χ0v) is 17.9. The molecule has 1 saturated heterocycles. The van der Waals surface area contributed by atoms with Gasteiger partial charge in [-0.3, -0.25) is 9.69 Å². The van der Waals surface area contributed by atoms with E-state index in [-0.39, 0.29) is 5.78 Å². The third kappa shape index (κ3) is 5.30. The molecule has 0 atom stereocenters. The SMILES string of the molecule is CCCOc1ccc(C(=O)CCN2CCN(c3cccc(C)c3C)CC2)cc1N. The lowest BCUT2D eigenvalue weighted by Gasteiger charge is -2.37. The van der Waals surface area contributed by atoms with E-state index in [1.807, 2.05) is 6.07 Å². The average Bonchev–Trinajstić information content (AvgIpc) is 2.73. The van der Waals surface area contributed by atoms with E-state index in [1.165, 1.54) is 16.8 Å². The van der Waals surface area contributed by atoms with Crippen molar-refractivity contribution in [2.75, 3.05) is 50.0 Å². The number of nitrogens with two attached hydrogens (primary N) is 1. The van der Waals surface area contributed by atoms with Gasteiger partial charge in [-0.1, -0.05) is 19.1 Å². The van der Waals surface area contributed by atoms with E-state index in [0.717, 1.165) is 39.1 Å². The molecule has 3 rings (SSSR count). The number of ether oxygens (including phenoxy) is 1. The maximum Gasteiger partial charge on any atom is 0.164 e. The van der Waals surface area contributed by atoms with Crippen LogP contribution in [0.3, 0.4) is 0 Å². The largest absolute Gasteiger partial charge is 0.491 e. The van der Waals surface area contributed by atoms with Crippen molar-refractivity contribution in [3.8, 4) is 5.75 Å². The number of Topliss-reactive ketones (excluding diaryl/α,β-unsaturated/α-hetero) is 1. The minimum atomic E-state index is 0.135. The van der Waals surface area contributed by atoms with Crippen LogP contribution in [0.1, 0.15) is 41.3 Å². The van der Waals surface area contributed by atoms with Gasteiger partial charge in [0.1, 0.15) is 5.75 Å². The van der Waals surface area contributed by atoms with Gasteiger partial charge in [-0.05, 0) is 55.7 Å². The normalized spacial score (nSPS) is 14.8. The number of hydrogen-bond donors (Lipinski definition) is 1. The van der Waals surface area contributed by atoms with Crippen LogP contribution in [-0.4, -0.2) is 50.0 Å². The lowest BCUT2D eigenvalue weighted by Crippen LogP contribution is -2.47. The van der Waals surface area contributed by atoms with Crippen LogP contribution in [0, 0.1) is 13.8 Å². The molecule has 0 amide bonds. The van der Waals surface area contributed by atoms with Crippen LogP contribution in [0.5, 0.6) is 5.75 Å². The number of carbonyl (C=O) groups is 1. The molecule has 0 spiro atoms. The number of ketones is 1. The Morgan fingerprint density at radius 1 is 1.10 bits per heavy atom. The predicted molar refractivity (Wildman–Crippen MR) is 120 cm³/mol. The van der Waals surface area contributed by atoms with Gasteiger partial charge in [0, 0.05) is 50.4 Å². The summed E-state index contributed by atoms with van der Waals surface area (Å²) in [7, 11) is 0. The molecule has 0 radical (unpaired) electrons. The van der Waals surface area contributed by atoms with Crippen molar-refractivity contribution in [2.45, 2.75) is 33.6 Å². The molecule has 0 bridgehead atoms. The van der Waals surface area contributed by atoms with Gasteiger partial charge in [-0.25, -0.2) is 0 Å². The second-order valence-corrected chi connectivity index (χ2v) is 7.82. The highest BCUT2D eigenvalue weighted by Gasteiger charge is 2.19. The Hall–Kier alpha value is -2.53. The first-order chi connectivity index (χ1) is 14.0. The second kappa shape index (κ2) is 9.79. The van der Waals surface area contributed by atoms with Gasteiger partial charge in [0.15, 0.2) is 5.78 Å². The number of nitrogen functional groups attached to an aromatic ring is 1. The van der Waals surface area contributed by atoms with Crippen LogP contribution in [-0.2, 0) is 0 Å². The fourth-order valence-electron chi connectivity index (χ4n) is 3.76. The fourth-order valence-corrected chi connectivity index (χ4v) is 3.76. The molecule has 2 aromatic rings. The number of hydrogen-bond acceptors (Lipinski definition) is 5. The lowest BCUT2D eigenvalue weighted by atomic mass is 10.1. The minimum absolute atomic E-state index is 0.135. The van der Waals surface area contributed by atoms with Crippen molar-refractivity contribution in [3.63, 3.8) is 0 Å². The van der Waals surface area contributed by atoms with E-state index in [0.29, 0.717) is 30.0 Å². The average molecular weight is 396 g/mol. The van der Waals surface area contributed by atoms with Gasteiger partial charge < -0.3 is 15.4 Å². The summed E-state index contributed by atoms with van der Waals surface area (Å²) in [5.74, 6) is 0.793. The molecule has 0 aliphatic carbocycles. The van der Waals surface area contributed by atoms with Gasteiger partial charge in [-0.15, -0.1) is 0 Å². The summed E-state index contributed by atoms with van der Waals surface area (Å²) >= 11 is 0. The van der Waals surface area contributed by atoms with Crippen LogP contribution in [0.4, 0.5) is 11.4 Å². The zero-order valence-electron chi connectivity index (χ0n) is 17.9. The Kier molecular flexibility index (Phi) is 7.15. The third-order valence-electron chi connectivity index (χ3n) is 5.74. The molecule has 29 heavy (non-hydrogen) atoms. The van der Waals surface area contributed by atoms with Crippen LogP contribution in [0.25, 0.3) is 0 Å². The monoisotopic (exact) mass is 395 g/mol. The molecule has 0 saturated carbocycles. The maximum absolute atomic E-state index is 12.6. The summed E-state index contributed by atoms with van der Waals surface area (Å²) in [5, 5.41) is 0. The predicted octanol–water partition coefficient (Wildman–Crippen LogP) is 4.07. The van der Waals surface area contributed by atoms with Crippen molar-refractivity contribution < 1.29 is 9.53 Å². The Bertz CT molecular complexity index is 842. The van der Waals surface area contributed by atoms with E-state index in [2.05, 4.69) is 48.8 Å². The Labute approximate surface area is 174 Å². The first-order valence-corrected chi connectivity index (χ1v) is 10.6. The minimum Gasteiger partial charge on any atom is -0.491 e. The lowest BCUT2D eigenvalue weighted by molar-refractivity contribution is 0.0962. The standard InChI is InChI=1S/C24H33N3O2/c1-4-16-29-24-9-8-20(17-21(24)25)23(28)10-11-26-12-14-27(15-13-26)22-7-5-6-18(2)19(22)3/h5-9,17H,4,10-16,25H2,1-3H3. The molecular formula is C24H33N3O2. The van der Waals surface area contributed by atoms with Gasteiger partial charge >= 0.3 is 0 Å². The first-order valence-electron chi connectivity index (χ1n) is 10.6. The summed E-state index contributed by atoms with van der Waals surface area (Å²) in [4.78, 5) is 17.4. The number of piperazine rings is 1. The Balaban J connectivity index is 1.49. The van der Waals surface area contributed by atoms with Gasteiger partial charge in [0.25, 0.3) is 0 Å². The summed E-state index contributed by atoms with van der Waals surface area (Å²) in [6.07, 6.45) is 1.44. The molecule has 5 nitrogen and oxygen atoms in total. The molecule has 1 fully saturated rings. The van der Waals surface area contributed by atoms with Crippen LogP contribution < -0.4 is 15.4 Å². The van der Waals surface area contributed by atoms with Crippen LogP contribution in [0.15, 0.2) is 36.4 Å². The van der Waals surface area contributed by atoms with Gasteiger partial charge in [-0.2, -0.15) is 0 Å². The van der Waals surface area contributed by atoms with Gasteiger partial charge in [0.05, 0.1) is 12.3 Å². The van der Waals surface area contributed by atoms with Crippen LogP contribution >= 0.6 is 0 Å². The molecule has 2 N–H and O–H groups in total. The fraction of sp³-hybridized carbons (Fsp3) is 0.458. The quantitative estimate of drug-likeness (QED) is 0.539. The number of carbonyl (C=O) groups excluding carboxylic acids is 1. The first kappa shape index (κ1) is 21.2. The smallest absolute Gasteiger partial charge is 0.164 e. The van der Waals surface area contributed by atoms with E-state index >= 15 is 0 Å². The van der Waals surface area contributed by atoms with E-state index in [4.69, 9.17) is 10.5 Å². The number of aryl methyl sites for hydroxylation is 1. The molecule has 1 heterocycles. The maximum atomic E-state index is 12.6. The molecule has 5 heteroatoms. The topological polar surface area (TPSA) is 58.8 Å². The van der Waals surface area contributed by atoms with Crippen molar-refractivity contribution >= 4 is 17.2 Å². The van der Waals surface area contributed by atoms with E-state index in [9.17, 15) is 4.79 Å². The highest BCUT2D eigenvalue weighted by atomic mass is 16.5. The Morgan fingerprint density at radius 3 is 2.55 bits per heavy atom. The summed E-state index contributed by atoms with van der Waals surface area (Å²) in [5.41, 5.74) is 11.3. The molecular weight excluding hydrogens is 362 g/mol. The van der Waals surface area contributed by atoms with Gasteiger partial charge in [0.2, 0.25) is 0 Å². The second-order valence-electron chi connectivity index (χ2n) is 7.82. The van der Waals surface area contributed by atoms with Crippen molar-refractivity contribution in [3.05, 3.63) is 53.1 Å². The van der Waals surface area contributed by atoms with Crippen molar-refractivity contribution in [1.29, 1.82) is 0 Å². The zero-order chi connectivity index (χ0) is 20.8. The number of benzene rings is 2. The summed E-state index contributed by atoms with van der Waals surface area (Å²) in [6, 6.07) is 11.9. The molecule has 0 aromatic heterocycles. The van der Waals surface area contributed by atoms with E-state index < -0.39 is 0 Å². The van der Waals surface area contributed by atoms with Crippen LogP contribution in [0.2, 0.25) is 0 Å². The molecule has 1 aliphatic heterocycles. The van der Waals surface area contributed by atoms with E-state index in [1.54, 1.807) is 12.1 Å². The molecule has 1 aliphatic rings. The number of nitrogens with zero attached hydrogens (tertiary/aromatic N) is 2. The highest BCUT2D eigenvalue weighted by Crippen LogP contribution is 2.25. The molecule has 2 aromatic carbocycles.